The quantitative estimate of drug-likeness (QED) is 0.268. The summed E-state index contributed by atoms with van der Waals surface area (Å²) in [5.41, 5.74) is 2.26. The molecule has 166 valence electrons. The zero-order chi connectivity index (χ0) is 23.1. The maximum absolute atomic E-state index is 13.0. The van der Waals surface area contributed by atoms with Crippen LogP contribution in [0.4, 0.5) is 10.5 Å². The molecule has 32 heavy (non-hydrogen) atoms. The number of carbonyl (C=O) groups is 2. The summed E-state index contributed by atoms with van der Waals surface area (Å²) in [6.07, 6.45) is -0.456. The zero-order valence-electron chi connectivity index (χ0n) is 16.6. The lowest BCUT2D eigenvalue weighted by Gasteiger charge is -2.19. The van der Waals surface area contributed by atoms with E-state index in [-0.39, 0.29) is 24.7 Å². The number of amides is 2. The standard InChI is InChI=1S/C23H19BrI2N2O4/c24-16-6-8-17(9-7-16)27-22(30)20(12-15-10-18(25)21(29)19(26)11-15)28-23(31)32-13-14-4-2-1-3-5-14/h1-11,20,29H,12-13H2,(H,27,30)(H,28,31)/t20-/m1/s1. The van der Waals surface area contributed by atoms with Crippen molar-refractivity contribution in [1.29, 1.82) is 0 Å². The third kappa shape index (κ3) is 7.34. The third-order valence-corrected chi connectivity index (χ3v) is 6.62. The first kappa shape index (κ1) is 24.8. The Morgan fingerprint density at radius 1 is 0.969 bits per heavy atom. The molecule has 0 heterocycles. The number of aromatic hydroxyl groups is 1. The highest BCUT2D eigenvalue weighted by Gasteiger charge is 2.23. The molecular weight excluding hydrogens is 702 g/mol. The Hall–Kier alpha value is -1.86. The Labute approximate surface area is 221 Å². The number of ether oxygens (including phenoxy) is 1. The number of rotatable bonds is 7. The topological polar surface area (TPSA) is 87.7 Å². The highest BCUT2D eigenvalue weighted by atomic mass is 127. The number of hydrogen-bond donors (Lipinski definition) is 3. The number of phenolic OH excluding ortho intramolecular Hbond substituents is 1. The molecule has 6 nitrogen and oxygen atoms in total. The number of carbonyl (C=O) groups excluding carboxylic acids is 2. The number of alkyl carbamates (subject to hydrolysis) is 1. The van der Waals surface area contributed by atoms with E-state index in [4.69, 9.17) is 4.74 Å². The smallest absolute Gasteiger partial charge is 0.408 e. The molecule has 2 amide bonds. The van der Waals surface area contributed by atoms with Gasteiger partial charge in [0.1, 0.15) is 18.4 Å². The number of halogens is 3. The van der Waals surface area contributed by atoms with Crippen LogP contribution in [0.3, 0.4) is 0 Å². The zero-order valence-corrected chi connectivity index (χ0v) is 22.5. The van der Waals surface area contributed by atoms with Crippen LogP contribution in [0.15, 0.2) is 71.2 Å². The molecule has 0 bridgehead atoms. The van der Waals surface area contributed by atoms with Gasteiger partial charge in [0.25, 0.3) is 0 Å². The van der Waals surface area contributed by atoms with E-state index >= 15 is 0 Å². The average molecular weight is 721 g/mol. The van der Waals surface area contributed by atoms with E-state index in [1.807, 2.05) is 87.6 Å². The van der Waals surface area contributed by atoms with Gasteiger partial charge in [-0.3, -0.25) is 4.79 Å². The van der Waals surface area contributed by atoms with Crippen LogP contribution >= 0.6 is 61.1 Å². The predicted octanol–water partition coefficient (Wildman–Crippen LogP) is 5.84. The van der Waals surface area contributed by atoms with Crippen LogP contribution < -0.4 is 10.6 Å². The molecule has 0 aliphatic heterocycles. The number of nitrogens with one attached hydrogen (secondary N) is 2. The molecule has 9 heteroatoms. The molecule has 3 rings (SSSR count). The summed E-state index contributed by atoms with van der Waals surface area (Å²) in [7, 11) is 0. The molecule has 0 aliphatic rings. The van der Waals surface area contributed by atoms with Crippen LogP contribution in [0.5, 0.6) is 5.75 Å². The fourth-order valence-electron chi connectivity index (χ4n) is 2.85. The van der Waals surface area contributed by atoms with Crippen LogP contribution in [0.1, 0.15) is 11.1 Å². The van der Waals surface area contributed by atoms with Gasteiger partial charge >= 0.3 is 6.09 Å². The van der Waals surface area contributed by atoms with E-state index in [1.165, 1.54) is 0 Å². The van der Waals surface area contributed by atoms with Crippen molar-refractivity contribution in [1.82, 2.24) is 5.32 Å². The Kier molecular flexibility index (Phi) is 9.17. The van der Waals surface area contributed by atoms with Gasteiger partial charge in [0.15, 0.2) is 0 Å². The summed E-state index contributed by atoms with van der Waals surface area (Å²) in [4.78, 5) is 25.4. The summed E-state index contributed by atoms with van der Waals surface area (Å²) in [5, 5.41) is 15.5. The average Bonchev–Trinajstić information content (AvgIpc) is 2.78. The summed E-state index contributed by atoms with van der Waals surface area (Å²) in [5.74, 6) is -0.178. The maximum atomic E-state index is 13.0. The molecule has 0 saturated carbocycles. The van der Waals surface area contributed by atoms with Gasteiger partial charge in [0.2, 0.25) is 5.91 Å². The van der Waals surface area contributed by atoms with Crippen LogP contribution in [0.2, 0.25) is 0 Å². The first-order valence-electron chi connectivity index (χ1n) is 9.52. The number of phenols is 1. The lowest BCUT2D eigenvalue weighted by molar-refractivity contribution is -0.118. The van der Waals surface area contributed by atoms with Gasteiger partial charge < -0.3 is 20.5 Å². The monoisotopic (exact) mass is 720 g/mol. The minimum absolute atomic E-state index is 0.0999. The minimum atomic E-state index is -0.877. The van der Waals surface area contributed by atoms with E-state index in [0.717, 1.165) is 15.6 Å². The highest BCUT2D eigenvalue weighted by molar-refractivity contribution is 14.1. The van der Waals surface area contributed by atoms with Gasteiger partial charge in [-0.15, -0.1) is 0 Å². The second-order valence-corrected chi connectivity index (χ2v) is 10.1. The molecular formula is C23H19BrI2N2O4. The first-order chi connectivity index (χ1) is 15.3. The summed E-state index contributed by atoms with van der Waals surface area (Å²) in [6.45, 7) is 0.0999. The highest BCUT2D eigenvalue weighted by Crippen LogP contribution is 2.28. The third-order valence-electron chi connectivity index (χ3n) is 4.45. The van der Waals surface area contributed by atoms with Crippen LogP contribution in [-0.2, 0) is 22.6 Å². The molecule has 0 radical (unpaired) electrons. The molecule has 0 saturated heterocycles. The van der Waals surface area contributed by atoms with E-state index < -0.39 is 12.1 Å². The van der Waals surface area contributed by atoms with Gasteiger partial charge in [-0.05, 0) is 92.7 Å². The fourth-order valence-corrected chi connectivity index (χ4v) is 5.01. The Balaban J connectivity index is 1.74. The second-order valence-electron chi connectivity index (χ2n) is 6.87. The molecule has 1 atom stereocenters. The van der Waals surface area contributed by atoms with Crippen molar-refractivity contribution in [3.63, 3.8) is 0 Å². The summed E-state index contributed by atoms with van der Waals surface area (Å²) < 4.78 is 7.53. The van der Waals surface area contributed by atoms with Crippen molar-refractivity contribution in [2.75, 3.05) is 5.32 Å². The molecule has 0 unspecified atom stereocenters. The van der Waals surface area contributed by atoms with Crippen molar-refractivity contribution in [3.05, 3.63) is 89.5 Å². The van der Waals surface area contributed by atoms with Crippen molar-refractivity contribution in [3.8, 4) is 5.75 Å². The second kappa shape index (κ2) is 11.8. The Morgan fingerprint density at radius 3 is 2.22 bits per heavy atom. The van der Waals surface area contributed by atoms with Gasteiger partial charge in [0, 0.05) is 16.6 Å². The van der Waals surface area contributed by atoms with Crippen LogP contribution in [0.25, 0.3) is 0 Å². The Bertz CT molecular complexity index is 1070. The number of benzene rings is 3. The molecule has 0 aliphatic carbocycles. The van der Waals surface area contributed by atoms with Crippen molar-refractivity contribution in [2.24, 2.45) is 0 Å². The molecule has 3 N–H and O–H groups in total. The van der Waals surface area contributed by atoms with Crippen molar-refractivity contribution < 1.29 is 19.4 Å². The summed E-state index contributed by atoms with van der Waals surface area (Å²) >= 11 is 7.43. The SMILES string of the molecule is O=C(N[C@H](Cc1cc(I)c(O)c(I)c1)C(=O)Nc1ccc(Br)cc1)OCc1ccccc1. The van der Waals surface area contributed by atoms with Crippen LogP contribution in [-0.4, -0.2) is 23.1 Å². The first-order valence-corrected chi connectivity index (χ1v) is 12.5. The lowest BCUT2D eigenvalue weighted by atomic mass is 10.0. The minimum Gasteiger partial charge on any atom is -0.506 e. The molecule has 3 aromatic carbocycles. The van der Waals surface area contributed by atoms with Gasteiger partial charge in [0.05, 0.1) is 7.14 Å². The normalized spacial score (nSPS) is 11.5. The Morgan fingerprint density at radius 2 is 1.59 bits per heavy atom. The fraction of sp³-hybridized carbons (Fsp3) is 0.130. The molecule has 0 spiro atoms. The maximum Gasteiger partial charge on any atom is 0.408 e. The number of hydrogen-bond acceptors (Lipinski definition) is 4. The van der Waals surface area contributed by atoms with Gasteiger partial charge in [-0.25, -0.2) is 4.79 Å². The van der Waals surface area contributed by atoms with Gasteiger partial charge in [-0.2, -0.15) is 0 Å². The van der Waals surface area contributed by atoms with Gasteiger partial charge in [-0.1, -0.05) is 46.3 Å². The van der Waals surface area contributed by atoms with E-state index in [9.17, 15) is 14.7 Å². The van der Waals surface area contributed by atoms with E-state index in [1.54, 1.807) is 24.3 Å². The summed E-state index contributed by atoms with van der Waals surface area (Å²) in [6, 6.07) is 19.2. The molecule has 0 fully saturated rings. The number of anilines is 1. The van der Waals surface area contributed by atoms with Crippen LogP contribution in [0, 0.1) is 7.14 Å². The molecule has 0 aromatic heterocycles. The van der Waals surface area contributed by atoms with E-state index in [0.29, 0.717) is 12.8 Å². The van der Waals surface area contributed by atoms with Crippen molar-refractivity contribution in [2.45, 2.75) is 19.1 Å². The molecule has 3 aromatic rings. The largest absolute Gasteiger partial charge is 0.506 e. The predicted molar refractivity (Wildman–Crippen MR) is 144 cm³/mol. The lowest BCUT2D eigenvalue weighted by Crippen LogP contribution is -2.45. The van der Waals surface area contributed by atoms with E-state index in [2.05, 4.69) is 26.6 Å². The van der Waals surface area contributed by atoms with Crippen molar-refractivity contribution >= 4 is 78.8 Å².